The number of Topliss-reactive ketones (excluding diaryl/α,β-unsaturated/α-hetero) is 1. The first-order valence-corrected chi connectivity index (χ1v) is 19.8. The number of nitrogens with zero attached hydrogens (tertiary/aromatic N) is 3. The van der Waals surface area contributed by atoms with Gasteiger partial charge in [-0.05, 0) is 60.2 Å². The molecule has 4 amide bonds. The Morgan fingerprint density at radius 2 is 1.48 bits per heavy atom. The normalized spacial score (nSPS) is 14.0. The summed E-state index contributed by atoms with van der Waals surface area (Å²) in [5.41, 5.74) is 7.61. The molecule has 5 rings (SSSR count). The minimum absolute atomic E-state index is 0.00950. The second kappa shape index (κ2) is 21.5. The Morgan fingerprint density at radius 1 is 0.846 bits per heavy atom. The zero-order chi connectivity index (χ0) is 48.4. The van der Waals surface area contributed by atoms with Gasteiger partial charge in [0.05, 0.1) is 17.8 Å². The molecule has 20 heteroatoms. The molecule has 1 aromatic heterocycles. The molecule has 4 aromatic rings. The van der Waals surface area contributed by atoms with Crippen LogP contribution >= 0.6 is 0 Å². The van der Waals surface area contributed by atoms with Crippen LogP contribution in [0.4, 0.5) is 27.6 Å². The summed E-state index contributed by atoms with van der Waals surface area (Å²) in [6, 6.07) is 16.3. The van der Waals surface area contributed by atoms with Gasteiger partial charge in [-0.1, -0.05) is 63.2 Å². The first-order valence-electron chi connectivity index (χ1n) is 19.8. The number of carbonyl (C=O) groups is 7. The summed E-state index contributed by atoms with van der Waals surface area (Å²) in [6.45, 7) is 4.83. The van der Waals surface area contributed by atoms with Crippen LogP contribution in [0.1, 0.15) is 67.7 Å². The van der Waals surface area contributed by atoms with E-state index in [9.17, 15) is 56.5 Å². The molecule has 346 valence electrons. The Morgan fingerprint density at radius 3 is 2.05 bits per heavy atom. The molecule has 0 unspecified atom stereocenters. The summed E-state index contributed by atoms with van der Waals surface area (Å²) >= 11 is 0. The molecular formula is C45H46F5N5O10. The average Bonchev–Trinajstić information content (AvgIpc) is 3.81. The van der Waals surface area contributed by atoms with Gasteiger partial charge in [0.1, 0.15) is 24.3 Å². The van der Waals surface area contributed by atoms with Crippen LogP contribution in [0.5, 0.6) is 0 Å². The highest BCUT2D eigenvalue weighted by Crippen LogP contribution is 2.41. The van der Waals surface area contributed by atoms with Gasteiger partial charge in [0.15, 0.2) is 5.78 Å². The first-order chi connectivity index (χ1) is 30.4. The number of hydrogen-bond acceptors (Lipinski definition) is 9. The summed E-state index contributed by atoms with van der Waals surface area (Å²) in [5, 5.41) is 29.5. The van der Waals surface area contributed by atoms with Crippen molar-refractivity contribution in [2.75, 3.05) is 18.1 Å². The van der Waals surface area contributed by atoms with Crippen LogP contribution in [0.2, 0.25) is 0 Å². The van der Waals surface area contributed by atoms with E-state index in [0.29, 0.717) is 17.8 Å². The number of carboxylic acids is 2. The summed E-state index contributed by atoms with van der Waals surface area (Å²) < 4.78 is 63.0. The molecule has 0 aliphatic carbocycles. The van der Waals surface area contributed by atoms with Crippen molar-refractivity contribution < 1.29 is 70.8 Å². The molecule has 0 saturated carbocycles. The number of carbonyl (C=O) groups excluding carboxylic acids is 5. The molecule has 15 nitrogen and oxygen atoms in total. The molecule has 65 heavy (non-hydrogen) atoms. The Kier molecular flexibility index (Phi) is 16.8. The summed E-state index contributed by atoms with van der Waals surface area (Å²) in [4.78, 5) is 87.4. The van der Waals surface area contributed by atoms with Gasteiger partial charge in [-0.3, -0.25) is 24.0 Å². The largest absolute Gasteiger partial charge is 0.490 e. The Bertz CT molecular complexity index is 2430. The lowest BCUT2D eigenvalue weighted by Gasteiger charge is -2.41. The topological polar surface area (TPSA) is 230 Å². The van der Waals surface area contributed by atoms with Crippen LogP contribution < -0.4 is 16.0 Å². The molecule has 0 spiro atoms. The van der Waals surface area contributed by atoms with Gasteiger partial charge < -0.3 is 35.8 Å². The number of aliphatic hydroxyl groups excluding tert-OH is 1. The maximum absolute atomic E-state index is 15.1. The lowest BCUT2D eigenvalue weighted by molar-refractivity contribution is -0.192. The maximum Gasteiger partial charge on any atom is 0.490 e. The number of hydrogen-bond donors (Lipinski definition) is 5. The van der Waals surface area contributed by atoms with Crippen molar-refractivity contribution in [2.24, 2.45) is 11.1 Å². The first kappa shape index (κ1) is 50.6. The number of nitrogens with one attached hydrogen (secondary N) is 1. The van der Waals surface area contributed by atoms with Gasteiger partial charge in [0, 0.05) is 60.2 Å². The number of amides is 4. The third-order valence-corrected chi connectivity index (χ3v) is 10.0. The molecule has 3 aromatic carbocycles. The second-order valence-corrected chi connectivity index (χ2v) is 15.9. The van der Waals surface area contributed by atoms with Gasteiger partial charge in [0.2, 0.25) is 11.8 Å². The van der Waals surface area contributed by atoms with Gasteiger partial charge in [0.25, 0.3) is 11.8 Å². The number of imide groups is 1. The van der Waals surface area contributed by atoms with Crippen LogP contribution in [0.15, 0.2) is 97.2 Å². The van der Waals surface area contributed by atoms with Crippen LogP contribution in [0, 0.1) is 17.0 Å². The Balaban J connectivity index is 0.00000122. The van der Waals surface area contributed by atoms with E-state index in [1.165, 1.54) is 29.2 Å². The van der Waals surface area contributed by atoms with E-state index in [1.54, 1.807) is 12.3 Å². The second-order valence-electron chi connectivity index (χ2n) is 15.9. The van der Waals surface area contributed by atoms with Crippen LogP contribution in [-0.4, -0.2) is 97.5 Å². The number of nitrogens with two attached hydrogens (primary N) is 1. The van der Waals surface area contributed by atoms with E-state index in [0.717, 1.165) is 40.8 Å². The lowest BCUT2D eigenvalue weighted by Crippen LogP contribution is -2.50. The fourth-order valence-electron chi connectivity index (χ4n) is 6.94. The van der Waals surface area contributed by atoms with Gasteiger partial charge >= 0.3 is 18.1 Å². The lowest BCUT2D eigenvalue weighted by atomic mass is 9.82. The van der Waals surface area contributed by atoms with Crippen molar-refractivity contribution >= 4 is 47.0 Å². The van der Waals surface area contributed by atoms with Gasteiger partial charge in [-0.2, -0.15) is 13.2 Å². The van der Waals surface area contributed by atoms with Gasteiger partial charge in [-0.15, -0.1) is 0 Å². The number of benzene rings is 3. The zero-order valence-corrected chi connectivity index (χ0v) is 35.2. The number of carboxylic acid groups (broad SMARTS) is 2. The van der Waals surface area contributed by atoms with E-state index < -0.39 is 89.3 Å². The van der Waals surface area contributed by atoms with Crippen LogP contribution in [-0.2, 0) is 35.3 Å². The number of anilines is 1. The van der Waals surface area contributed by atoms with Crippen molar-refractivity contribution in [3.05, 3.63) is 126 Å². The van der Waals surface area contributed by atoms with Crippen molar-refractivity contribution in [3.8, 4) is 11.1 Å². The highest BCUT2D eigenvalue weighted by atomic mass is 19.4. The van der Waals surface area contributed by atoms with E-state index in [-0.39, 0.29) is 42.6 Å². The third-order valence-electron chi connectivity index (χ3n) is 10.0. The number of alkyl halides is 3. The molecule has 1 aliphatic heterocycles. The van der Waals surface area contributed by atoms with Crippen LogP contribution in [0.25, 0.3) is 11.1 Å². The van der Waals surface area contributed by atoms with E-state index in [4.69, 9.17) is 15.6 Å². The molecular weight excluding hydrogens is 866 g/mol. The number of halogens is 5. The maximum atomic E-state index is 15.1. The molecule has 0 saturated heterocycles. The van der Waals surface area contributed by atoms with Crippen molar-refractivity contribution in [3.63, 3.8) is 0 Å². The molecule has 0 bridgehead atoms. The Hall–Kier alpha value is -7.06. The number of aliphatic hydroxyl groups is 1. The molecule has 6 N–H and O–H groups in total. The van der Waals surface area contributed by atoms with E-state index in [2.05, 4.69) is 5.32 Å². The monoisotopic (exact) mass is 911 g/mol. The van der Waals surface area contributed by atoms with Crippen molar-refractivity contribution in [1.29, 1.82) is 0 Å². The van der Waals surface area contributed by atoms with E-state index in [1.807, 2.05) is 55.7 Å². The number of aromatic nitrogens is 1. The van der Waals surface area contributed by atoms with Crippen molar-refractivity contribution in [2.45, 2.75) is 70.9 Å². The SMILES string of the molecule is CC(C)(C)[C@H](c1cc(-c2cc(F)ccc2F)cn1Cc1ccccc1)N(CC[C@H](N)C(=O)N[C@H](CCC(=O)c1cccc(N2C(=O)C=CC2=O)c1)C(=O)O)C(=O)CO.O=C(O)C(F)(F)F. The zero-order valence-electron chi connectivity index (χ0n) is 35.2. The highest BCUT2D eigenvalue weighted by molar-refractivity contribution is 6.28. The van der Waals surface area contributed by atoms with Gasteiger partial charge in [-0.25, -0.2) is 23.3 Å². The minimum atomic E-state index is -5.08. The average molecular weight is 912 g/mol. The fraction of sp³-hybridized carbons (Fsp3) is 0.311. The predicted molar refractivity (Wildman–Crippen MR) is 224 cm³/mol. The highest BCUT2D eigenvalue weighted by Gasteiger charge is 2.39. The van der Waals surface area contributed by atoms with E-state index >= 15 is 4.39 Å². The smallest absolute Gasteiger partial charge is 0.480 e. The summed E-state index contributed by atoms with van der Waals surface area (Å²) in [5.74, 6) is -8.65. The minimum Gasteiger partial charge on any atom is -0.480 e. The standard InChI is InChI=1S/C43H45F2N5O8.C2HF3O2/c1-43(2,3)40(35-21-28(31-22-29(44)12-13-32(31)45)24-48(35)23-26-8-5-4-6-9-26)49(39(55)25-51)19-18-33(46)41(56)47-34(42(57)58)14-15-36(52)27-10-7-11-30(20-27)50-37(53)16-17-38(50)54;3-2(4,5)1(6)7/h4-13,16-17,20-22,24,33-34,40,51H,14-15,18-19,23,25,46H2,1-3H3,(H,47,56)(H,57,58);(H,6,7)/t33-,34+,40-;/m0./s1. The predicted octanol–water partition coefficient (Wildman–Crippen LogP) is 5.40. The van der Waals surface area contributed by atoms with Crippen LogP contribution in [0.3, 0.4) is 0 Å². The molecule has 0 radical (unpaired) electrons. The number of ketones is 1. The number of rotatable bonds is 17. The Labute approximate surface area is 368 Å². The third kappa shape index (κ3) is 13.5. The number of aliphatic carboxylic acids is 2. The quantitative estimate of drug-likeness (QED) is 0.0512. The molecule has 1 aliphatic rings. The summed E-state index contributed by atoms with van der Waals surface area (Å²) in [6.07, 6.45) is -2.00. The van der Waals surface area contributed by atoms with Crippen molar-refractivity contribution in [1.82, 2.24) is 14.8 Å². The summed E-state index contributed by atoms with van der Waals surface area (Å²) in [7, 11) is 0. The molecule has 2 heterocycles. The fourth-order valence-corrected chi connectivity index (χ4v) is 6.94. The molecule has 0 fully saturated rings. The molecule has 3 atom stereocenters.